The van der Waals surface area contributed by atoms with E-state index in [1.165, 1.54) is 31.2 Å². The van der Waals surface area contributed by atoms with E-state index in [0.717, 1.165) is 16.0 Å². The highest BCUT2D eigenvalue weighted by molar-refractivity contribution is 6.19. The van der Waals surface area contributed by atoms with Crippen molar-refractivity contribution >= 4 is 29.8 Å². The molecule has 5 rings (SSSR count). The Morgan fingerprint density at radius 2 is 1.41 bits per heavy atom. The molecule has 0 saturated carbocycles. The maximum absolute atomic E-state index is 13.1. The van der Waals surface area contributed by atoms with Crippen LogP contribution in [0.5, 0.6) is 0 Å². The molecule has 4 aromatic rings. The molecular formula is C36H28N2O8. The zero-order valence-corrected chi connectivity index (χ0v) is 24.8. The molecule has 230 valence electrons. The normalized spacial score (nSPS) is 13.9. The van der Waals surface area contributed by atoms with Gasteiger partial charge >= 0.3 is 11.9 Å². The first-order valence-electron chi connectivity index (χ1n) is 14.3. The van der Waals surface area contributed by atoms with E-state index < -0.39 is 30.4 Å². The number of esters is 2. The molecule has 10 nitrogen and oxygen atoms in total. The monoisotopic (exact) mass is 616 g/mol. The van der Waals surface area contributed by atoms with E-state index in [9.17, 15) is 29.5 Å². The largest absolute Gasteiger partial charge is 0.457 e. The lowest BCUT2D eigenvalue weighted by molar-refractivity contribution is -0.141. The second-order valence-corrected chi connectivity index (χ2v) is 10.3. The van der Waals surface area contributed by atoms with Crippen LogP contribution in [0.25, 0.3) is 17.4 Å². The Labute approximate surface area is 264 Å². The molecule has 0 aliphatic carbocycles. The molecule has 0 saturated heterocycles. The molecule has 0 spiro atoms. The summed E-state index contributed by atoms with van der Waals surface area (Å²) in [6, 6.07) is 27.7. The van der Waals surface area contributed by atoms with E-state index in [1.807, 2.05) is 66.7 Å². The predicted molar refractivity (Wildman–Crippen MR) is 165 cm³/mol. The predicted octanol–water partition coefficient (Wildman–Crippen LogP) is 5.25. The summed E-state index contributed by atoms with van der Waals surface area (Å²) < 4.78 is 17.0. The number of nitriles is 1. The number of imide groups is 1. The van der Waals surface area contributed by atoms with Crippen LogP contribution in [-0.4, -0.2) is 46.9 Å². The van der Waals surface area contributed by atoms with E-state index in [-0.39, 0.29) is 59.1 Å². The van der Waals surface area contributed by atoms with Gasteiger partial charge in [0.2, 0.25) is 0 Å². The summed E-state index contributed by atoms with van der Waals surface area (Å²) in [5, 5.41) is 18.9. The van der Waals surface area contributed by atoms with Crippen molar-refractivity contribution < 1.29 is 38.2 Å². The quantitative estimate of drug-likeness (QED) is 0.143. The van der Waals surface area contributed by atoms with Gasteiger partial charge in [0.05, 0.1) is 24.3 Å². The maximum Gasteiger partial charge on any atom is 0.338 e. The summed E-state index contributed by atoms with van der Waals surface area (Å²) in [5.74, 6) is -2.32. The molecule has 46 heavy (non-hydrogen) atoms. The van der Waals surface area contributed by atoms with Crippen LogP contribution in [0.2, 0.25) is 0 Å². The van der Waals surface area contributed by atoms with Crippen LogP contribution in [0.15, 0.2) is 112 Å². The van der Waals surface area contributed by atoms with Gasteiger partial charge in [0.15, 0.2) is 0 Å². The summed E-state index contributed by atoms with van der Waals surface area (Å²) >= 11 is 0. The zero-order chi connectivity index (χ0) is 32.6. The average Bonchev–Trinajstić information content (AvgIpc) is 3.56. The van der Waals surface area contributed by atoms with E-state index in [2.05, 4.69) is 0 Å². The Morgan fingerprint density at radius 3 is 1.93 bits per heavy atom. The number of hydrogen-bond acceptors (Lipinski definition) is 9. The summed E-state index contributed by atoms with van der Waals surface area (Å²) in [4.78, 5) is 52.7. The third kappa shape index (κ3) is 7.01. The molecule has 3 aromatic carbocycles. The molecule has 0 atom stereocenters. The number of nitrogens with zero attached hydrogens (tertiary/aromatic N) is 2. The van der Waals surface area contributed by atoms with Crippen LogP contribution in [0.1, 0.15) is 44.5 Å². The third-order valence-corrected chi connectivity index (χ3v) is 7.18. The minimum absolute atomic E-state index is 0.0253. The van der Waals surface area contributed by atoms with Gasteiger partial charge in [-0.25, -0.2) is 9.59 Å². The Kier molecular flexibility index (Phi) is 9.66. The van der Waals surface area contributed by atoms with Crippen molar-refractivity contribution in [3.63, 3.8) is 0 Å². The third-order valence-electron chi connectivity index (χ3n) is 7.18. The van der Waals surface area contributed by atoms with E-state index in [4.69, 9.17) is 13.9 Å². The first-order chi connectivity index (χ1) is 22.3. The molecule has 1 aromatic heterocycles. The zero-order valence-electron chi connectivity index (χ0n) is 24.8. The molecule has 0 bridgehead atoms. The minimum atomic E-state index is -0.779. The van der Waals surface area contributed by atoms with Crippen LogP contribution in [0, 0.1) is 11.3 Å². The molecule has 1 aliphatic heterocycles. The lowest BCUT2D eigenvalue weighted by atomic mass is 9.95. The SMILES string of the molecule is CC1=C(C#N)C(=O)N(CCO)C(=O)/C1=C/c1ccc(-c2cc(C(=O)OCc3ccccc3)cc(C(=O)OCc3ccccc3)c2)o1. The number of β-amino-alcohol motifs (C(OH)–C–C–N with tert-alkyl or cyclic N) is 1. The van der Waals surface area contributed by atoms with Gasteiger partial charge in [-0.15, -0.1) is 0 Å². The van der Waals surface area contributed by atoms with Crippen molar-refractivity contribution in [3.8, 4) is 17.4 Å². The van der Waals surface area contributed by atoms with Crippen molar-refractivity contribution in [2.24, 2.45) is 0 Å². The fourth-order valence-corrected chi connectivity index (χ4v) is 4.78. The Hall–Kier alpha value is -6.05. The minimum Gasteiger partial charge on any atom is -0.457 e. The summed E-state index contributed by atoms with van der Waals surface area (Å²) in [6.45, 7) is 0.800. The first kappa shape index (κ1) is 31.4. The second-order valence-electron chi connectivity index (χ2n) is 10.3. The van der Waals surface area contributed by atoms with Crippen LogP contribution in [0.4, 0.5) is 0 Å². The van der Waals surface area contributed by atoms with Gasteiger partial charge in [0, 0.05) is 11.1 Å². The average molecular weight is 617 g/mol. The maximum atomic E-state index is 13.1. The fraction of sp³-hybridized carbons (Fsp3) is 0.139. The smallest absolute Gasteiger partial charge is 0.338 e. The van der Waals surface area contributed by atoms with Gasteiger partial charge in [0.1, 0.15) is 36.4 Å². The topological polar surface area (TPSA) is 147 Å². The van der Waals surface area contributed by atoms with Crippen LogP contribution >= 0.6 is 0 Å². The number of benzene rings is 3. The lowest BCUT2D eigenvalue weighted by Crippen LogP contribution is -2.44. The number of ether oxygens (including phenoxy) is 2. The van der Waals surface area contributed by atoms with Gasteiger partial charge in [-0.1, -0.05) is 60.7 Å². The van der Waals surface area contributed by atoms with E-state index in [0.29, 0.717) is 5.56 Å². The fourth-order valence-electron chi connectivity index (χ4n) is 4.78. The molecule has 0 fully saturated rings. The molecule has 0 unspecified atom stereocenters. The number of furan rings is 1. The second kappa shape index (κ2) is 14.2. The summed E-state index contributed by atoms with van der Waals surface area (Å²) in [5.41, 5.74) is 2.14. The van der Waals surface area contributed by atoms with E-state index >= 15 is 0 Å². The molecule has 0 radical (unpaired) electrons. The highest BCUT2D eigenvalue weighted by atomic mass is 16.5. The number of aliphatic hydroxyl groups is 1. The standard InChI is InChI=1S/C36H28N2O8/c1-23-30(33(40)38(14-15-39)34(41)31(23)20-37)19-29-12-13-32(46-29)26-16-27(35(42)44-21-24-8-4-2-5-9-24)18-28(17-26)36(43)45-22-25-10-6-3-7-11-25/h2-13,16-19,39H,14-15,21-22H2,1H3/b30-19+. The van der Waals surface area contributed by atoms with Crippen LogP contribution in [0.3, 0.4) is 0 Å². The Bertz CT molecular complexity index is 1830. The number of hydrogen-bond donors (Lipinski definition) is 1. The molecule has 1 aliphatic rings. The highest BCUT2D eigenvalue weighted by Crippen LogP contribution is 2.30. The molecule has 2 heterocycles. The van der Waals surface area contributed by atoms with Gasteiger partial charge < -0.3 is 19.0 Å². The van der Waals surface area contributed by atoms with Gasteiger partial charge in [0.25, 0.3) is 11.8 Å². The first-order valence-corrected chi connectivity index (χ1v) is 14.3. The van der Waals surface area contributed by atoms with Gasteiger partial charge in [-0.2, -0.15) is 5.26 Å². The van der Waals surface area contributed by atoms with Crippen LogP contribution in [-0.2, 0) is 32.3 Å². The van der Waals surface area contributed by atoms with Crippen molar-refractivity contribution in [1.29, 1.82) is 5.26 Å². The number of aliphatic hydroxyl groups excluding tert-OH is 1. The van der Waals surface area contributed by atoms with Gasteiger partial charge in [-0.05, 0) is 60.0 Å². The Balaban J connectivity index is 1.47. The number of rotatable bonds is 10. The van der Waals surface area contributed by atoms with Crippen molar-refractivity contribution in [2.45, 2.75) is 20.1 Å². The van der Waals surface area contributed by atoms with E-state index in [1.54, 1.807) is 12.1 Å². The molecule has 2 amide bonds. The number of carbonyl (C=O) groups excluding carboxylic acids is 4. The lowest BCUT2D eigenvalue weighted by Gasteiger charge is -2.26. The van der Waals surface area contributed by atoms with Crippen molar-refractivity contribution in [2.75, 3.05) is 13.2 Å². The highest BCUT2D eigenvalue weighted by Gasteiger charge is 2.35. The molecule has 1 N–H and O–H groups in total. The van der Waals surface area contributed by atoms with Crippen LogP contribution < -0.4 is 0 Å². The molecular weight excluding hydrogens is 588 g/mol. The van der Waals surface area contributed by atoms with Gasteiger partial charge in [-0.3, -0.25) is 14.5 Å². The number of carbonyl (C=O) groups is 4. The summed E-state index contributed by atoms with van der Waals surface area (Å²) in [6.07, 6.45) is 1.39. The van der Waals surface area contributed by atoms with Crippen molar-refractivity contribution in [1.82, 2.24) is 4.90 Å². The summed E-state index contributed by atoms with van der Waals surface area (Å²) in [7, 11) is 0. The number of amides is 2. The Morgan fingerprint density at radius 1 is 0.848 bits per heavy atom. The van der Waals surface area contributed by atoms with Crippen molar-refractivity contribution in [3.05, 3.63) is 136 Å². The molecule has 10 heteroatoms.